The Morgan fingerprint density at radius 3 is 2.15 bits per heavy atom. The van der Waals surface area contributed by atoms with E-state index in [0.29, 0.717) is 22.0 Å². The average molecular weight is 392 g/mol. The Morgan fingerprint density at radius 1 is 1.00 bits per heavy atom. The molecule has 1 N–H and O–H groups in total. The van der Waals surface area contributed by atoms with Crippen molar-refractivity contribution >= 4 is 35.1 Å². The molecule has 1 amide bonds. The van der Waals surface area contributed by atoms with Crippen molar-refractivity contribution < 1.29 is 28.6 Å². The van der Waals surface area contributed by atoms with Crippen LogP contribution in [0.5, 0.6) is 5.75 Å². The lowest BCUT2D eigenvalue weighted by atomic mass is 10.1. The summed E-state index contributed by atoms with van der Waals surface area (Å²) in [6, 6.07) is 8.94. The highest BCUT2D eigenvalue weighted by molar-refractivity contribution is 6.31. The van der Waals surface area contributed by atoms with Crippen LogP contribution in [0.1, 0.15) is 26.3 Å². The van der Waals surface area contributed by atoms with Gasteiger partial charge in [-0.25, -0.2) is 9.59 Å². The summed E-state index contributed by atoms with van der Waals surface area (Å²) in [7, 11) is 2.72. The number of carbonyl (C=O) groups is 3. The van der Waals surface area contributed by atoms with Crippen molar-refractivity contribution in [1.29, 1.82) is 0 Å². The number of ether oxygens (including phenoxy) is 3. The van der Waals surface area contributed by atoms with Gasteiger partial charge in [0.05, 0.1) is 31.0 Å². The number of esters is 2. The van der Waals surface area contributed by atoms with E-state index in [-0.39, 0.29) is 5.56 Å². The molecule has 0 aliphatic heterocycles. The van der Waals surface area contributed by atoms with Gasteiger partial charge in [0, 0.05) is 11.1 Å². The van der Waals surface area contributed by atoms with Crippen LogP contribution in [-0.2, 0) is 14.3 Å². The Morgan fingerprint density at radius 2 is 1.59 bits per heavy atom. The quantitative estimate of drug-likeness (QED) is 0.760. The average Bonchev–Trinajstić information content (AvgIpc) is 2.68. The third kappa shape index (κ3) is 5.21. The summed E-state index contributed by atoms with van der Waals surface area (Å²) in [5, 5.41) is 3.11. The van der Waals surface area contributed by atoms with Gasteiger partial charge in [0.1, 0.15) is 5.75 Å². The molecule has 2 aromatic carbocycles. The smallest absolute Gasteiger partial charge is 0.338 e. The second-order valence-electron chi connectivity index (χ2n) is 5.49. The molecule has 0 unspecified atom stereocenters. The number of anilines is 1. The topological polar surface area (TPSA) is 90.9 Å². The van der Waals surface area contributed by atoms with Crippen LogP contribution in [0.2, 0.25) is 5.02 Å². The van der Waals surface area contributed by atoms with Gasteiger partial charge in [-0.3, -0.25) is 4.79 Å². The molecular weight excluding hydrogens is 374 g/mol. The van der Waals surface area contributed by atoms with Crippen molar-refractivity contribution in [3.05, 3.63) is 58.1 Å². The third-order valence-electron chi connectivity index (χ3n) is 3.63. The molecule has 0 aliphatic rings. The number of carbonyl (C=O) groups excluding carboxylic acids is 3. The summed E-state index contributed by atoms with van der Waals surface area (Å²) in [4.78, 5) is 35.4. The number of hydrogen-bond donors (Lipinski definition) is 1. The number of nitrogens with one attached hydrogen (secondary N) is 1. The lowest BCUT2D eigenvalue weighted by Gasteiger charge is -2.12. The van der Waals surface area contributed by atoms with Gasteiger partial charge in [-0.1, -0.05) is 11.6 Å². The second kappa shape index (κ2) is 9.05. The van der Waals surface area contributed by atoms with Crippen molar-refractivity contribution in [3.8, 4) is 5.75 Å². The first kappa shape index (κ1) is 20.3. The van der Waals surface area contributed by atoms with Crippen LogP contribution in [0.4, 0.5) is 5.69 Å². The molecule has 0 fully saturated rings. The van der Waals surface area contributed by atoms with Gasteiger partial charge in [-0.05, 0) is 42.8 Å². The summed E-state index contributed by atoms with van der Waals surface area (Å²) >= 11 is 6.02. The molecule has 0 radical (unpaired) electrons. The number of benzene rings is 2. The lowest BCUT2D eigenvalue weighted by molar-refractivity contribution is -0.119. The predicted octanol–water partition coefficient (Wildman–Crippen LogP) is 3.24. The van der Waals surface area contributed by atoms with Crippen molar-refractivity contribution in [1.82, 2.24) is 0 Å². The van der Waals surface area contributed by atoms with Crippen LogP contribution in [0.25, 0.3) is 0 Å². The van der Waals surface area contributed by atoms with E-state index >= 15 is 0 Å². The molecule has 0 saturated heterocycles. The molecule has 0 bridgehead atoms. The van der Waals surface area contributed by atoms with Gasteiger partial charge in [-0.15, -0.1) is 0 Å². The summed E-state index contributed by atoms with van der Waals surface area (Å²) < 4.78 is 14.7. The molecule has 0 atom stereocenters. The van der Waals surface area contributed by atoms with E-state index < -0.39 is 24.5 Å². The molecule has 0 spiro atoms. The van der Waals surface area contributed by atoms with Crippen molar-refractivity contribution in [2.75, 3.05) is 26.1 Å². The van der Waals surface area contributed by atoms with E-state index in [1.807, 2.05) is 0 Å². The summed E-state index contributed by atoms with van der Waals surface area (Å²) in [5.74, 6) is -1.35. The largest absolute Gasteiger partial charge is 0.495 e. The standard InChI is InChI=1S/C19H18ClNO6/c1-11-8-15(16(25-2)9-14(11)20)21-17(22)10-27-19(24)13-6-4-12(5-7-13)18(23)26-3/h4-9H,10H2,1-3H3,(H,21,22). The Labute approximate surface area is 161 Å². The molecule has 0 aliphatic carbocycles. The Balaban J connectivity index is 1.96. The van der Waals surface area contributed by atoms with E-state index in [2.05, 4.69) is 10.1 Å². The van der Waals surface area contributed by atoms with Gasteiger partial charge in [0.2, 0.25) is 0 Å². The molecule has 142 valence electrons. The maximum Gasteiger partial charge on any atom is 0.338 e. The highest BCUT2D eigenvalue weighted by Crippen LogP contribution is 2.30. The van der Waals surface area contributed by atoms with E-state index in [4.69, 9.17) is 21.1 Å². The van der Waals surface area contributed by atoms with E-state index in [0.717, 1.165) is 5.56 Å². The first-order chi connectivity index (χ1) is 12.8. The molecule has 0 saturated carbocycles. The highest BCUT2D eigenvalue weighted by atomic mass is 35.5. The van der Waals surface area contributed by atoms with Crippen LogP contribution in [0, 0.1) is 6.92 Å². The maximum atomic E-state index is 12.1. The minimum Gasteiger partial charge on any atom is -0.495 e. The molecule has 2 aromatic rings. The fourth-order valence-electron chi connectivity index (χ4n) is 2.19. The Bertz CT molecular complexity index is 863. The fraction of sp³-hybridized carbons (Fsp3) is 0.211. The number of halogens is 1. The zero-order valence-electron chi connectivity index (χ0n) is 15.0. The van der Waals surface area contributed by atoms with Crippen molar-refractivity contribution in [2.45, 2.75) is 6.92 Å². The summed E-state index contributed by atoms with van der Waals surface area (Å²) in [6.45, 7) is 1.30. The monoisotopic (exact) mass is 391 g/mol. The molecule has 7 nitrogen and oxygen atoms in total. The van der Waals surface area contributed by atoms with Gasteiger partial charge in [0.15, 0.2) is 6.61 Å². The first-order valence-electron chi connectivity index (χ1n) is 7.85. The van der Waals surface area contributed by atoms with Crippen LogP contribution in [0.15, 0.2) is 36.4 Å². The zero-order chi connectivity index (χ0) is 20.0. The number of rotatable bonds is 6. The number of methoxy groups -OCH3 is 2. The highest BCUT2D eigenvalue weighted by Gasteiger charge is 2.14. The Kier molecular flexibility index (Phi) is 6.79. The zero-order valence-corrected chi connectivity index (χ0v) is 15.8. The van der Waals surface area contributed by atoms with E-state index in [1.54, 1.807) is 19.1 Å². The van der Waals surface area contributed by atoms with Gasteiger partial charge >= 0.3 is 11.9 Å². The minimum absolute atomic E-state index is 0.204. The number of aryl methyl sites for hydroxylation is 1. The molecule has 2 rings (SSSR count). The van der Waals surface area contributed by atoms with E-state index in [1.165, 1.54) is 38.5 Å². The van der Waals surface area contributed by atoms with Crippen molar-refractivity contribution in [3.63, 3.8) is 0 Å². The Hall–Kier alpha value is -3.06. The SMILES string of the molecule is COC(=O)c1ccc(C(=O)OCC(=O)Nc2cc(C)c(Cl)cc2OC)cc1. The van der Waals surface area contributed by atoms with Crippen LogP contribution in [-0.4, -0.2) is 38.7 Å². The summed E-state index contributed by atoms with van der Waals surface area (Å²) in [5.41, 5.74) is 1.69. The van der Waals surface area contributed by atoms with Gasteiger partial charge in [0.25, 0.3) is 5.91 Å². The fourth-order valence-corrected chi connectivity index (χ4v) is 2.34. The van der Waals surface area contributed by atoms with Crippen LogP contribution < -0.4 is 10.1 Å². The molecule has 0 aromatic heterocycles. The molecule has 27 heavy (non-hydrogen) atoms. The number of hydrogen-bond acceptors (Lipinski definition) is 6. The normalized spacial score (nSPS) is 10.1. The summed E-state index contributed by atoms with van der Waals surface area (Å²) in [6.07, 6.45) is 0. The molecule has 8 heteroatoms. The number of amides is 1. The lowest BCUT2D eigenvalue weighted by Crippen LogP contribution is -2.21. The van der Waals surface area contributed by atoms with E-state index in [9.17, 15) is 14.4 Å². The van der Waals surface area contributed by atoms with Crippen molar-refractivity contribution in [2.24, 2.45) is 0 Å². The first-order valence-corrected chi connectivity index (χ1v) is 8.23. The minimum atomic E-state index is -0.694. The van der Waals surface area contributed by atoms with Gasteiger partial charge in [-0.2, -0.15) is 0 Å². The predicted molar refractivity (Wildman–Crippen MR) is 99.4 cm³/mol. The molecular formula is C19H18ClNO6. The molecule has 0 heterocycles. The van der Waals surface area contributed by atoms with Crippen LogP contribution >= 0.6 is 11.6 Å². The third-order valence-corrected chi connectivity index (χ3v) is 4.04. The second-order valence-corrected chi connectivity index (χ2v) is 5.90. The van der Waals surface area contributed by atoms with Crippen LogP contribution in [0.3, 0.4) is 0 Å². The van der Waals surface area contributed by atoms with Gasteiger partial charge < -0.3 is 19.5 Å². The maximum absolute atomic E-state index is 12.1.